The van der Waals surface area contributed by atoms with E-state index >= 15 is 0 Å². The summed E-state index contributed by atoms with van der Waals surface area (Å²) in [7, 11) is 0. The van der Waals surface area contributed by atoms with Gasteiger partial charge in [-0.15, -0.1) is 0 Å². The number of amides is 2. The van der Waals surface area contributed by atoms with E-state index in [2.05, 4.69) is 20.7 Å². The number of carbonyl (C=O) groups is 2. The molecule has 0 spiro atoms. The largest absolute Gasteiger partial charge is 0.492 e. The van der Waals surface area contributed by atoms with Crippen molar-refractivity contribution in [2.45, 2.75) is 50.6 Å². The summed E-state index contributed by atoms with van der Waals surface area (Å²) in [5.74, 6) is 1.82. The third-order valence-corrected chi connectivity index (χ3v) is 7.20. The van der Waals surface area contributed by atoms with Crippen LogP contribution in [0.4, 0.5) is 0 Å². The Morgan fingerprint density at radius 1 is 1.14 bits per heavy atom. The van der Waals surface area contributed by atoms with E-state index in [9.17, 15) is 9.59 Å². The van der Waals surface area contributed by atoms with E-state index in [1.165, 1.54) is 0 Å². The minimum absolute atomic E-state index is 0.00841. The number of hydrogen-bond acceptors (Lipinski definition) is 7. The predicted octanol–water partition coefficient (Wildman–Crippen LogP) is 2.26. The van der Waals surface area contributed by atoms with Crippen molar-refractivity contribution in [3.05, 3.63) is 47.3 Å². The van der Waals surface area contributed by atoms with Gasteiger partial charge in [-0.2, -0.15) is 0 Å². The summed E-state index contributed by atoms with van der Waals surface area (Å²) in [5, 5.41) is 10.3. The van der Waals surface area contributed by atoms with E-state index in [0.29, 0.717) is 43.2 Å². The zero-order valence-electron chi connectivity index (χ0n) is 20.4. The smallest absolute Gasteiger partial charge is 0.273 e. The molecule has 2 saturated heterocycles. The van der Waals surface area contributed by atoms with Crippen molar-refractivity contribution in [3.8, 4) is 5.75 Å². The first-order chi connectivity index (χ1) is 17.1. The van der Waals surface area contributed by atoms with E-state index in [0.717, 1.165) is 57.1 Å². The van der Waals surface area contributed by atoms with Gasteiger partial charge in [0.25, 0.3) is 11.8 Å². The maximum atomic E-state index is 13.1. The number of nitrogens with one attached hydrogen (secondary N) is 2. The number of nitrogens with zero attached hydrogens (tertiary/aromatic N) is 3. The zero-order chi connectivity index (χ0) is 24.2. The van der Waals surface area contributed by atoms with Crippen molar-refractivity contribution in [1.29, 1.82) is 0 Å². The molecule has 2 atom stereocenters. The summed E-state index contributed by atoms with van der Waals surface area (Å²) in [5.41, 5.74) is 0.997. The molecule has 9 nitrogen and oxygen atoms in total. The fourth-order valence-corrected chi connectivity index (χ4v) is 4.91. The number of ether oxygens (including phenoxy) is 1. The topological polar surface area (TPSA) is 99.9 Å². The average molecular weight is 482 g/mol. The molecule has 35 heavy (non-hydrogen) atoms. The molecule has 2 amide bonds. The van der Waals surface area contributed by atoms with E-state index in [1.807, 2.05) is 36.1 Å². The van der Waals surface area contributed by atoms with Gasteiger partial charge in [-0.25, -0.2) is 0 Å². The van der Waals surface area contributed by atoms with Crippen LogP contribution in [0.2, 0.25) is 0 Å². The van der Waals surface area contributed by atoms with Crippen molar-refractivity contribution in [3.63, 3.8) is 0 Å². The Hall–Kier alpha value is -2.91. The molecular formula is C26H35N5O4. The Morgan fingerprint density at radius 2 is 1.91 bits per heavy atom. The number of benzene rings is 1. The summed E-state index contributed by atoms with van der Waals surface area (Å²) in [4.78, 5) is 30.0. The van der Waals surface area contributed by atoms with Crippen molar-refractivity contribution in [1.82, 2.24) is 25.6 Å². The molecule has 2 aromatic rings. The van der Waals surface area contributed by atoms with Gasteiger partial charge < -0.3 is 24.8 Å². The number of likely N-dealkylation sites (tertiary alicyclic amines) is 1. The molecule has 1 saturated carbocycles. The molecule has 1 aromatic heterocycles. The van der Waals surface area contributed by atoms with Crippen LogP contribution in [0.5, 0.6) is 5.75 Å². The van der Waals surface area contributed by atoms with Gasteiger partial charge in [-0.3, -0.25) is 14.5 Å². The highest BCUT2D eigenvalue weighted by Gasteiger charge is 2.32. The summed E-state index contributed by atoms with van der Waals surface area (Å²) < 4.78 is 11.2. The summed E-state index contributed by atoms with van der Waals surface area (Å²) >= 11 is 0. The van der Waals surface area contributed by atoms with Gasteiger partial charge in [0.15, 0.2) is 5.69 Å². The zero-order valence-corrected chi connectivity index (χ0v) is 20.4. The van der Waals surface area contributed by atoms with E-state index in [-0.39, 0.29) is 23.9 Å². The summed E-state index contributed by atoms with van der Waals surface area (Å²) in [6, 6.07) is 9.21. The van der Waals surface area contributed by atoms with Gasteiger partial charge in [0.2, 0.25) is 0 Å². The van der Waals surface area contributed by atoms with Gasteiger partial charge in [0, 0.05) is 68.9 Å². The SMILES string of the molecule is C[C@@H]1C[C@H](NC(=O)c2cc(C3CC3)on2)CCN1C(=O)c1ccc(OCCN2CCNCC2)cc1. The van der Waals surface area contributed by atoms with Crippen molar-refractivity contribution >= 4 is 11.8 Å². The Balaban J connectivity index is 1.08. The van der Waals surface area contributed by atoms with Crippen LogP contribution in [0.1, 0.15) is 65.1 Å². The lowest BCUT2D eigenvalue weighted by molar-refractivity contribution is 0.0595. The van der Waals surface area contributed by atoms with Crippen molar-refractivity contribution < 1.29 is 18.8 Å². The van der Waals surface area contributed by atoms with Crippen LogP contribution in [0.3, 0.4) is 0 Å². The fraction of sp³-hybridized carbons (Fsp3) is 0.577. The Bertz CT molecular complexity index is 1010. The molecule has 1 aromatic carbocycles. The molecule has 2 N–H and O–H groups in total. The normalized spacial score (nSPS) is 23.2. The second kappa shape index (κ2) is 10.8. The van der Waals surface area contributed by atoms with Crippen LogP contribution in [0.25, 0.3) is 0 Å². The molecule has 9 heteroatoms. The molecule has 0 radical (unpaired) electrons. The van der Waals surface area contributed by atoms with Crippen LogP contribution >= 0.6 is 0 Å². The molecule has 0 unspecified atom stereocenters. The molecule has 3 fully saturated rings. The number of carbonyl (C=O) groups excluding carboxylic acids is 2. The molecular weight excluding hydrogens is 446 g/mol. The van der Waals surface area contributed by atoms with E-state index < -0.39 is 0 Å². The number of aromatic nitrogens is 1. The quantitative estimate of drug-likeness (QED) is 0.597. The van der Waals surface area contributed by atoms with Gasteiger partial charge in [0.1, 0.15) is 18.1 Å². The molecule has 5 rings (SSSR count). The molecule has 188 valence electrons. The number of rotatable bonds is 8. The second-order valence-electron chi connectivity index (χ2n) is 9.90. The van der Waals surface area contributed by atoms with Crippen LogP contribution in [0.15, 0.2) is 34.9 Å². The van der Waals surface area contributed by atoms with Gasteiger partial charge in [-0.1, -0.05) is 5.16 Å². The minimum Gasteiger partial charge on any atom is -0.492 e. The predicted molar refractivity (Wildman–Crippen MR) is 131 cm³/mol. The van der Waals surface area contributed by atoms with Gasteiger partial charge >= 0.3 is 0 Å². The lowest BCUT2D eigenvalue weighted by Gasteiger charge is -2.38. The Labute approximate surface area is 206 Å². The van der Waals surface area contributed by atoms with E-state index in [1.54, 1.807) is 6.07 Å². The lowest BCUT2D eigenvalue weighted by atomic mass is 9.97. The second-order valence-corrected chi connectivity index (χ2v) is 9.90. The van der Waals surface area contributed by atoms with Crippen molar-refractivity contribution in [2.24, 2.45) is 0 Å². The van der Waals surface area contributed by atoms with Gasteiger partial charge in [-0.05, 0) is 56.9 Å². The lowest BCUT2D eigenvalue weighted by Crippen LogP contribution is -2.51. The van der Waals surface area contributed by atoms with E-state index in [4.69, 9.17) is 9.26 Å². The van der Waals surface area contributed by atoms with Crippen LogP contribution in [-0.2, 0) is 0 Å². The summed E-state index contributed by atoms with van der Waals surface area (Å²) in [6.07, 6.45) is 3.63. The maximum Gasteiger partial charge on any atom is 0.273 e. The average Bonchev–Trinajstić information content (AvgIpc) is 3.61. The highest BCUT2D eigenvalue weighted by Crippen LogP contribution is 2.40. The van der Waals surface area contributed by atoms with Crippen molar-refractivity contribution in [2.75, 3.05) is 45.9 Å². The minimum atomic E-state index is -0.204. The molecule has 0 bridgehead atoms. The number of piperidine rings is 1. The standard InChI is InChI=1S/C26H35N5O4/c1-18-16-21(28-25(32)23-17-24(35-29-23)19-2-3-19)8-11-31(18)26(33)20-4-6-22(7-5-20)34-15-14-30-12-9-27-10-13-30/h4-7,17-19,21,27H,2-3,8-16H2,1H3,(H,28,32)/t18-,21-/m1/s1. The molecule has 3 aliphatic rings. The first kappa shape index (κ1) is 23.8. The van der Waals surface area contributed by atoms with Crippen LogP contribution in [0, 0.1) is 0 Å². The Morgan fingerprint density at radius 3 is 2.63 bits per heavy atom. The fourth-order valence-electron chi connectivity index (χ4n) is 4.91. The monoisotopic (exact) mass is 481 g/mol. The number of hydrogen-bond donors (Lipinski definition) is 2. The van der Waals surface area contributed by atoms with Crippen LogP contribution < -0.4 is 15.4 Å². The first-order valence-electron chi connectivity index (χ1n) is 12.8. The summed E-state index contributed by atoms with van der Waals surface area (Å²) in [6.45, 7) is 8.34. The van der Waals surface area contributed by atoms with Crippen LogP contribution in [-0.4, -0.2) is 84.7 Å². The third kappa shape index (κ3) is 6.02. The highest BCUT2D eigenvalue weighted by atomic mass is 16.5. The third-order valence-electron chi connectivity index (χ3n) is 7.20. The molecule has 1 aliphatic carbocycles. The molecule has 3 heterocycles. The maximum absolute atomic E-state index is 13.1. The Kier molecular flexibility index (Phi) is 7.34. The number of piperazine rings is 1. The highest BCUT2D eigenvalue weighted by molar-refractivity contribution is 5.95. The first-order valence-corrected chi connectivity index (χ1v) is 12.8. The van der Waals surface area contributed by atoms with Gasteiger partial charge in [0.05, 0.1) is 0 Å². The molecule has 2 aliphatic heterocycles.